The number of rotatable bonds is 8. The summed E-state index contributed by atoms with van der Waals surface area (Å²) in [4.78, 5) is 13.0. The Kier molecular flexibility index (Phi) is 6.08. The molecule has 3 aromatic carbocycles. The van der Waals surface area contributed by atoms with Crippen LogP contribution >= 0.6 is 0 Å². The molecule has 32 heavy (non-hydrogen) atoms. The van der Waals surface area contributed by atoms with E-state index in [2.05, 4.69) is 16.1 Å². The van der Waals surface area contributed by atoms with E-state index < -0.39 is 27.5 Å². The van der Waals surface area contributed by atoms with Gasteiger partial charge < -0.3 is 5.32 Å². The maximum atomic E-state index is 13.2. The predicted octanol–water partition coefficient (Wildman–Crippen LogP) is 3.42. The Balaban J connectivity index is 1.60. The lowest BCUT2D eigenvalue weighted by molar-refractivity contribution is -0.123. The average molecular weight is 446 g/mol. The zero-order valence-electron chi connectivity index (χ0n) is 17.4. The minimum atomic E-state index is -3.99. The molecule has 0 saturated heterocycles. The average Bonchev–Trinajstić information content (AvgIpc) is 3.60. The number of carbonyl (C=O) groups excluding carboxylic acids is 1. The number of nitrogens with zero attached hydrogens (tertiary/aromatic N) is 1. The number of sulfonamides is 1. The number of hydrogen-bond acceptors (Lipinski definition) is 4. The van der Waals surface area contributed by atoms with Gasteiger partial charge in [-0.3, -0.25) is 4.79 Å². The fraction of sp³-hybridized carbons (Fsp3) is 0.200. The third-order valence-corrected chi connectivity index (χ3v) is 6.94. The molecule has 0 radical (unpaired) electrons. The summed E-state index contributed by atoms with van der Waals surface area (Å²) in [7, 11) is -3.99. The van der Waals surface area contributed by atoms with Crippen molar-refractivity contribution in [1.82, 2.24) is 10.0 Å². The highest BCUT2D eigenvalue weighted by molar-refractivity contribution is 7.89. The van der Waals surface area contributed by atoms with Gasteiger partial charge in [-0.05, 0) is 48.1 Å². The van der Waals surface area contributed by atoms with Gasteiger partial charge in [-0.25, -0.2) is 8.42 Å². The van der Waals surface area contributed by atoms with Crippen LogP contribution in [0.1, 0.15) is 18.4 Å². The van der Waals surface area contributed by atoms with Crippen molar-refractivity contribution in [3.8, 4) is 17.2 Å². The second-order valence-electron chi connectivity index (χ2n) is 7.94. The van der Waals surface area contributed by atoms with Gasteiger partial charge in [-0.1, -0.05) is 72.8 Å². The van der Waals surface area contributed by atoms with Gasteiger partial charge in [0.05, 0.1) is 11.0 Å². The predicted molar refractivity (Wildman–Crippen MR) is 122 cm³/mol. The molecule has 4 rings (SSSR count). The van der Waals surface area contributed by atoms with Gasteiger partial charge >= 0.3 is 0 Å². The van der Waals surface area contributed by atoms with Crippen molar-refractivity contribution in [1.29, 1.82) is 5.26 Å². The molecule has 6 nitrogen and oxygen atoms in total. The molecule has 0 heterocycles. The highest BCUT2D eigenvalue weighted by Gasteiger charge is 2.46. The van der Waals surface area contributed by atoms with Crippen LogP contribution in [0, 0.1) is 11.3 Å². The third kappa shape index (κ3) is 5.05. The molecule has 7 heteroatoms. The van der Waals surface area contributed by atoms with Gasteiger partial charge in [-0.2, -0.15) is 9.98 Å². The van der Waals surface area contributed by atoms with Gasteiger partial charge in [0, 0.05) is 0 Å². The van der Waals surface area contributed by atoms with E-state index in [1.54, 1.807) is 12.1 Å². The molecule has 0 spiro atoms. The Morgan fingerprint density at radius 2 is 1.56 bits per heavy atom. The van der Waals surface area contributed by atoms with Crippen LogP contribution in [-0.2, 0) is 21.2 Å². The van der Waals surface area contributed by atoms with Crippen LogP contribution in [-0.4, -0.2) is 25.9 Å². The van der Waals surface area contributed by atoms with Crippen LogP contribution in [0.3, 0.4) is 0 Å². The first kappa shape index (κ1) is 21.8. The minimum absolute atomic E-state index is 0.0751. The molecule has 1 aliphatic rings. The Labute approximate surface area is 188 Å². The van der Waals surface area contributed by atoms with Gasteiger partial charge in [-0.15, -0.1) is 0 Å². The van der Waals surface area contributed by atoms with Crippen molar-refractivity contribution in [2.24, 2.45) is 0 Å². The standard InChI is InChI=1S/C25H23N3O3S/c26-18-25(14-15-25)27-24(29)23(16-19-8-3-1-4-9-19)28-32(30,31)22-13-7-12-21(17-22)20-10-5-2-6-11-20/h1-13,17,23,28H,14-16H2,(H,27,29)/t23-/m1/s1. The van der Waals surface area contributed by atoms with Crippen LogP contribution in [0.25, 0.3) is 11.1 Å². The topological polar surface area (TPSA) is 99.1 Å². The van der Waals surface area contributed by atoms with E-state index in [4.69, 9.17) is 0 Å². The van der Waals surface area contributed by atoms with Crippen LogP contribution in [0.4, 0.5) is 0 Å². The normalized spacial score (nSPS) is 15.3. The molecule has 0 bridgehead atoms. The Bertz CT molecular complexity index is 1250. The van der Waals surface area contributed by atoms with Crippen molar-refractivity contribution < 1.29 is 13.2 Å². The number of hydrogen-bond donors (Lipinski definition) is 2. The highest BCUT2D eigenvalue weighted by Crippen LogP contribution is 2.34. The smallest absolute Gasteiger partial charge is 0.241 e. The zero-order chi connectivity index (χ0) is 22.6. The van der Waals surface area contributed by atoms with Crippen molar-refractivity contribution in [2.45, 2.75) is 35.7 Å². The van der Waals surface area contributed by atoms with E-state index in [-0.39, 0.29) is 11.3 Å². The number of nitriles is 1. The summed E-state index contributed by atoms with van der Waals surface area (Å²) in [5, 5.41) is 12.0. The van der Waals surface area contributed by atoms with Crippen LogP contribution in [0.2, 0.25) is 0 Å². The molecule has 1 aliphatic carbocycles. The fourth-order valence-electron chi connectivity index (χ4n) is 3.48. The first-order valence-corrected chi connectivity index (χ1v) is 11.8. The maximum absolute atomic E-state index is 13.2. The third-order valence-electron chi connectivity index (χ3n) is 5.47. The van der Waals surface area contributed by atoms with Crippen molar-refractivity contribution in [3.05, 3.63) is 90.5 Å². The molecule has 0 aliphatic heterocycles. The first-order valence-electron chi connectivity index (χ1n) is 10.4. The van der Waals surface area contributed by atoms with Crippen molar-refractivity contribution in [2.75, 3.05) is 0 Å². The van der Waals surface area contributed by atoms with E-state index in [9.17, 15) is 18.5 Å². The summed E-state index contributed by atoms with van der Waals surface area (Å²) >= 11 is 0. The number of nitrogens with one attached hydrogen (secondary N) is 2. The summed E-state index contributed by atoms with van der Waals surface area (Å²) in [6.07, 6.45) is 1.31. The Hall–Kier alpha value is -3.47. The number of carbonyl (C=O) groups is 1. The van der Waals surface area contributed by atoms with Crippen LogP contribution < -0.4 is 10.0 Å². The molecule has 2 N–H and O–H groups in total. The number of amides is 1. The van der Waals surface area contributed by atoms with E-state index in [1.807, 2.05) is 66.7 Å². The lowest BCUT2D eigenvalue weighted by Crippen LogP contribution is -2.51. The highest BCUT2D eigenvalue weighted by atomic mass is 32.2. The monoisotopic (exact) mass is 445 g/mol. The molecule has 162 valence electrons. The Morgan fingerprint density at radius 1 is 0.938 bits per heavy atom. The van der Waals surface area contributed by atoms with Crippen LogP contribution in [0.5, 0.6) is 0 Å². The summed E-state index contributed by atoms with van der Waals surface area (Å²) in [6, 6.07) is 26.3. The summed E-state index contributed by atoms with van der Waals surface area (Å²) in [5.74, 6) is -0.504. The quantitative estimate of drug-likeness (QED) is 0.555. The molecule has 1 fully saturated rings. The molecule has 0 unspecified atom stereocenters. The Morgan fingerprint density at radius 3 is 2.19 bits per heavy atom. The molecular weight excluding hydrogens is 422 g/mol. The van der Waals surface area contributed by atoms with Gasteiger partial charge in [0.2, 0.25) is 15.9 Å². The van der Waals surface area contributed by atoms with E-state index >= 15 is 0 Å². The van der Waals surface area contributed by atoms with Crippen molar-refractivity contribution in [3.63, 3.8) is 0 Å². The summed E-state index contributed by atoms with van der Waals surface area (Å²) in [5.41, 5.74) is 1.59. The second-order valence-corrected chi connectivity index (χ2v) is 9.65. The van der Waals surface area contributed by atoms with E-state index in [1.165, 1.54) is 6.07 Å². The van der Waals surface area contributed by atoms with Crippen LogP contribution in [0.15, 0.2) is 89.8 Å². The lowest BCUT2D eigenvalue weighted by atomic mass is 10.1. The van der Waals surface area contributed by atoms with Crippen molar-refractivity contribution >= 4 is 15.9 Å². The molecule has 3 aromatic rings. The van der Waals surface area contributed by atoms with Gasteiger partial charge in [0.15, 0.2) is 0 Å². The molecule has 0 aromatic heterocycles. The first-order chi connectivity index (χ1) is 15.4. The molecule has 1 atom stereocenters. The summed E-state index contributed by atoms with van der Waals surface area (Å²) in [6.45, 7) is 0. The van der Waals surface area contributed by atoms with E-state index in [0.717, 1.165) is 16.7 Å². The largest absolute Gasteiger partial charge is 0.336 e. The zero-order valence-corrected chi connectivity index (χ0v) is 18.2. The maximum Gasteiger partial charge on any atom is 0.241 e. The second kappa shape index (κ2) is 8.95. The SMILES string of the molecule is N#CC1(NC(=O)[C@@H](Cc2ccccc2)NS(=O)(=O)c2cccc(-c3ccccc3)c2)CC1. The number of benzene rings is 3. The molecular formula is C25H23N3O3S. The molecule has 1 saturated carbocycles. The summed E-state index contributed by atoms with van der Waals surface area (Å²) < 4.78 is 29.0. The fourth-order valence-corrected chi connectivity index (χ4v) is 4.72. The molecule has 1 amide bonds. The lowest BCUT2D eigenvalue weighted by Gasteiger charge is -2.20. The van der Waals surface area contributed by atoms with Gasteiger partial charge in [0.1, 0.15) is 11.6 Å². The van der Waals surface area contributed by atoms with E-state index in [0.29, 0.717) is 12.8 Å². The minimum Gasteiger partial charge on any atom is -0.336 e. The van der Waals surface area contributed by atoms with Gasteiger partial charge in [0.25, 0.3) is 0 Å².